The van der Waals surface area contributed by atoms with Crippen LogP contribution in [0.1, 0.15) is 41.0 Å². The van der Waals surface area contributed by atoms with E-state index in [4.69, 9.17) is 4.98 Å². The van der Waals surface area contributed by atoms with Crippen LogP contribution >= 0.6 is 7.14 Å². The van der Waals surface area contributed by atoms with Crippen molar-refractivity contribution < 1.29 is 4.57 Å². The van der Waals surface area contributed by atoms with Gasteiger partial charge in [-0.05, 0) is 116 Å². The average Bonchev–Trinajstić information content (AvgIpc) is 4.03. The molecule has 4 heteroatoms. The molecule has 4 aliphatic carbocycles. The number of hydrogen-bond acceptors (Lipinski definition) is 2. The molecule has 66 heavy (non-hydrogen) atoms. The first kappa shape index (κ1) is 37.8. The van der Waals surface area contributed by atoms with Gasteiger partial charge in [0.25, 0.3) is 0 Å². The molecule has 0 bridgehead atoms. The van der Waals surface area contributed by atoms with Crippen LogP contribution in [0.2, 0.25) is 0 Å². The highest BCUT2D eigenvalue weighted by Crippen LogP contribution is 2.66. The molecule has 8 aromatic carbocycles. The monoisotopic (exact) mass is 862 g/mol. The summed E-state index contributed by atoms with van der Waals surface area (Å²) in [5.41, 5.74) is 17.5. The molecule has 0 radical (unpaired) electrons. The van der Waals surface area contributed by atoms with Gasteiger partial charge in [-0.25, -0.2) is 4.98 Å². The third-order valence-electron chi connectivity index (χ3n) is 15.2. The van der Waals surface area contributed by atoms with Crippen molar-refractivity contribution >= 4 is 56.1 Å². The van der Waals surface area contributed by atoms with E-state index in [0.717, 1.165) is 51.1 Å². The summed E-state index contributed by atoms with van der Waals surface area (Å²) in [5, 5.41) is 5.41. The molecule has 10 aromatic rings. The molecule has 0 saturated heterocycles. The Hall–Kier alpha value is -7.58. The molecule has 1 spiro atoms. The molecule has 3 nitrogen and oxygen atoms in total. The largest absolute Gasteiger partial charge is 0.313 e. The maximum atomic E-state index is 16.0. The van der Waals surface area contributed by atoms with Gasteiger partial charge in [0.05, 0.1) is 22.0 Å². The van der Waals surface area contributed by atoms with Crippen LogP contribution in [0.4, 0.5) is 0 Å². The van der Waals surface area contributed by atoms with Gasteiger partial charge in [0.2, 0.25) is 0 Å². The van der Waals surface area contributed by atoms with Crippen molar-refractivity contribution in [2.45, 2.75) is 29.8 Å². The molecule has 0 fully saturated rings. The van der Waals surface area contributed by atoms with Crippen molar-refractivity contribution in [3.8, 4) is 33.4 Å². The quantitative estimate of drug-likeness (QED) is 0.128. The van der Waals surface area contributed by atoms with E-state index in [1.165, 1.54) is 71.9 Å². The number of fused-ring (bicyclic) bond motifs is 18. The van der Waals surface area contributed by atoms with E-state index in [1.807, 2.05) is 18.2 Å². The number of imidazole rings is 1. The maximum absolute atomic E-state index is 16.0. The molecule has 4 unspecified atom stereocenters. The maximum Gasteiger partial charge on any atom is 0.150 e. The summed E-state index contributed by atoms with van der Waals surface area (Å²) in [6.45, 7) is 0. The number of hydrogen-bond donors (Lipinski definition) is 0. The Bertz CT molecular complexity index is 3870. The standard InChI is InChI=1S/C62H43N2OP/c65-66(44-15-3-1-4-16-44,45-17-5-2-6-18-45)46-33-36-51-50-35-32-43(38-56(50)62(57(51)39-46)54-22-10-7-19-48(54)49-20-8-11-23-55(49)62)41-29-27-40(28-30-41)42-31-34-47-52-21-9-13-25-59(52)64-60-26-14-12-24-58(60)63-61(64)53(47)37-42/h1-17,19,21-39,45,49H,18,20H2. The first-order chi connectivity index (χ1) is 32.6. The Kier molecular flexibility index (Phi) is 8.13. The number of allylic oxidation sites excluding steroid dienone is 8. The Balaban J connectivity index is 0.919. The SMILES string of the molecule is O=P(c1ccccc1)(c1ccc2c(c1)C1(C3=CC=CCC3c3ccccc31)c1cc(-c3ccc(-c4ccc5c6ccccc6n6c7ccccc7nc6c5c4)cc3)ccc1-2)C1C=CC=CC1. The summed E-state index contributed by atoms with van der Waals surface area (Å²) in [7, 11) is -3.11. The highest BCUT2D eigenvalue weighted by Gasteiger charge is 2.55. The summed E-state index contributed by atoms with van der Waals surface area (Å²) in [6.07, 6.45) is 17.2. The van der Waals surface area contributed by atoms with Crippen LogP contribution in [-0.4, -0.2) is 15.0 Å². The van der Waals surface area contributed by atoms with Crippen LogP contribution in [-0.2, 0) is 9.98 Å². The van der Waals surface area contributed by atoms with Crippen LogP contribution in [0.25, 0.3) is 71.7 Å². The fourth-order valence-electron chi connectivity index (χ4n) is 12.3. The van der Waals surface area contributed by atoms with Crippen LogP contribution in [0, 0.1) is 0 Å². The van der Waals surface area contributed by atoms with Gasteiger partial charge in [0, 0.05) is 33.0 Å². The number of aromatic nitrogens is 2. The van der Waals surface area contributed by atoms with Crippen molar-refractivity contribution in [1.82, 2.24) is 9.38 Å². The molecule has 0 N–H and O–H groups in total. The van der Waals surface area contributed by atoms with Gasteiger partial charge in [0.15, 0.2) is 0 Å². The Labute approximate surface area is 383 Å². The lowest BCUT2D eigenvalue weighted by atomic mass is 9.68. The smallest absolute Gasteiger partial charge is 0.150 e. The molecule has 2 aromatic heterocycles. The minimum Gasteiger partial charge on any atom is -0.313 e. The third-order valence-corrected chi connectivity index (χ3v) is 18.6. The lowest BCUT2D eigenvalue weighted by Gasteiger charge is -2.34. The van der Waals surface area contributed by atoms with Gasteiger partial charge in [-0.2, -0.15) is 0 Å². The van der Waals surface area contributed by atoms with Crippen LogP contribution in [0.15, 0.2) is 230 Å². The van der Waals surface area contributed by atoms with Crippen molar-refractivity contribution in [2.75, 3.05) is 0 Å². The van der Waals surface area contributed by atoms with Gasteiger partial charge in [-0.1, -0.05) is 188 Å². The zero-order chi connectivity index (χ0) is 43.6. The van der Waals surface area contributed by atoms with Crippen LogP contribution < -0.4 is 10.6 Å². The van der Waals surface area contributed by atoms with Gasteiger partial charge in [-0.3, -0.25) is 4.40 Å². The summed E-state index contributed by atoms with van der Waals surface area (Å²) in [6, 6.07) is 66.3. The molecule has 0 aliphatic heterocycles. The highest BCUT2D eigenvalue weighted by atomic mass is 31.2. The van der Waals surface area contributed by atoms with Crippen molar-refractivity contribution in [1.29, 1.82) is 0 Å². The molecule has 14 rings (SSSR count). The van der Waals surface area contributed by atoms with Crippen molar-refractivity contribution in [3.63, 3.8) is 0 Å². The van der Waals surface area contributed by atoms with E-state index in [-0.39, 0.29) is 11.6 Å². The number of rotatable bonds is 5. The van der Waals surface area contributed by atoms with E-state index >= 15 is 4.57 Å². The summed E-state index contributed by atoms with van der Waals surface area (Å²) >= 11 is 0. The molecular weight excluding hydrogens is 820 g/mol. The van der Waals surface area contributed by atoms with Gasteiger partial charge in [0.1, 0.15) is 12.8 Å². The predicted octanol–water partition coefficient (Wildman–Crippen LogP) is 14.6. The zero-order valence-electron chi connectivity index (χ0n) is 36.2. The fourth-order valence-corrected chi connectivity index (χ4v) is 15.3. The first-order valence-corrected chi connectivity index (χ1v) is 25.0. The van der Waals surface area contributed by atoms with E-state index in [1.54, 1.807) is 0 Å². The van der Waals surface area contributed by atoms with Gasteiger partial charge < -0.3 is 4.57 Å². The Morgan fingerprint density at radius 1 is 0.515 bits per heavy atom. The van der Waals surface area contributed by atoms with Crippen molar-refractivity contribution in [3.05, 3.63) is 252 Å². The normalized spacial score (nSPS) is 19.8. The minimum absolute atomic E-state index is 0.112. The summed E-state index contributed by atoms with van der Waals surface area (Å²) in [5.74, 6) is 0.269. The molecule has 4 aliphatic rings. The van der Waals surface area contributed by atoms with E-state index in [9.17, 15) is 0 Å². The lowest BCUT2D eigenvalue weighted by Crippen LogP contribution is -2.30. The third kappa shape index (κ3) is 5.15. The van der Waals surface area contributed by atoms with Crippen LogP contribution in [0.3, 0.4) is 0 Å². The minimum atomic E-state index is -3.11. The second kappa shape index (κ2) is 14.2. The molecular formula is C62H43N2OP. The van der Waals surface area contributed by atoms with Crippen LogP contribution in [0.5, 0.6) is 0 Å². The van der Waals surface area contributed by atoms with Gasteiger partial charge >= 0.3 is 0 Å². The number of pyridine rings is 1. The molecule has 312 valence electrons. The van der Waals surface area contributed by atoms with Crippen molar-refractivity contribution in [2.24, 2.45) is 0 Å². The Morgan fingerprint density at radius 3 is 2.03 bits per heavy atom. The topological polar surface area (TPSA) is 34.4 Å². The summed E-state index contributed by atoms with van der Waals surface area (Å²) in [4.78, 5) is 5.18. The lowest BCUT2D eigenvalue weighted by molar-refractivity contribution is 0.582. The Morgan fingerprint density at radius 2 is 1.20 bits per heavy atom. The molecule has 2 heterocycles. The second-order valence-electron chi connectivity index (χ2n) is 18.4. The number of para-hydroxylation sites is 3. The predicted molar refractivity (Wildman–Crippen MR) is 275 cm³/mol. The average molecular weight is 863 g/mol. The first-order valence-electron chi connectivity index (χ1n) is 23.2. The fraction of sp³-hybridized carbons (Fsp3) is 0.0806. The van der Waals surface area contributed by atoms with E-state index in [2.05, 4.69) is 211 Å². The summed E-state index contributed by atoms with van der Waals surface area (Å²) < 4.78 is 18.4. The molecule has 0 saturated carbocycles. The molecule has 0 amide bonds. The second-order valence-corrected chi connectivity index (χ2v) is 21.4. The highest BCUT2D eigenvalue weighted by molar-refractivity contribution is 7.79. The van der Waals surface area contributed by atoms with Gasteiger partial charge in [-0.15, -0.1) is 0 Å². The number of benzene rings is 8. The number of nitrogens with zero attached hydrogens (tertiary/aromatic N) is 2. The molecule has 4 atom stereocenters. The zero-order valence-corrected chi connectivity index (χ0v) is 37.1. The van der Waals surface area contributed by atoms with E-state index in [0.29, 0.717) is 0 Å². The van der Waals surface area contributed by atoms with E-state index < -0.39 is 12.6 Å².